The molecule has 15 heavy (non-hydrogen) atoms. The molecule has 82 valence electrons. The number of hydrogen-bond donors (Lipinski definition) is 1. The predicted octanol–water partition coefficient (Wildman–Crippen LogP) is 1.53. The summed E-state index contributed by atoms with van der Waals surface area (Å²) in [6, 6.07) is 1.64. The number of rotatable bonds is 2. The van der Waals surface area contributed by atoms with Crippen LogP contribution in [0.4, 0.5) is 10.2 Å². The summed E-state index contributed by atoms with van der Waals surface area (Å²) in [5, 5.41) is 0. The molecule has 4 heteroatoms. The molecule has 0 bridgehead atoms. The second kappa shape index (κ2) is 4.14. The maximum atomic E-state index is 13.9. The van der Waals surface area contributed by atoms with Crippen molar-refractivity contribution in [3.05, 3.63) is 23.6 Å². The van der Waals surface area contributed by atoms with Crippen LogP contribution in [0.1, 0.15) is 18.9 Å². The highest BCUT2D eigenvalue weighted by Crippen LogP contribution is 2.25. The molecule has 0 radical (unpaired) electrons. The number of anilines is 1. The van der Waals surface area contributed by atoms with Gasteiger partial charge < -0.3 is 10.6 Å². The topological polar surface area (TPSA) is 42.2 Å². The molecule has 0 aliphatic carbocycles. The van der Waals surface area contributed by atoms with E-state index in [2.05, 4.69) is 11.9 Å². The largest absolute Gasteiger partial charge is 0.354 e. The van der Waals surface area contributed by atoms with Gasteiger partial charge in [0.25, 0.3) is 0 Å². The van der Waals surface area contributed by atoms with Crippen molar-refractivity contribution in [1.29, 1.82) is 0 Å². The second-order valence-corrected chi connectivity index (χ2v) is 4.15. The van der Waals surface area contributed by atoms with E-state index in [9.17, 15) is 4.39 Å². The quantitative estimate of drug-likeness (QED) is 0.803. The fraction of sp³-hybridized carbons (Fsp3) is 0.545. The summed E-state index contributed by atoms with van der Waals surface area (Å²) in [7, 11) is 0. The van der Waals surface area contributed by atoms with Crippen molar-refractivity contribution in [3.8, 4) is 0 Å². The first-order valence-electron chi connectivity index (χ1n) is 5.30. The van der Waals surface area contributed by atoms with Gasteiger partial charge in [0.05, 0.1) is 0 Å². The van der Waals surface area contributed by atoms with E-state index in [1.54, 1.807) is 12.3 Å². The zero-order valence-corrected chi connectivity index (χ0v) is 8.91. The normalized spacial score (nSPS) is 21.0. The average Bonchev–Trinajstić information content (AvgIpc) is 2.65. The third-order valence-corrected chi connectivity index (χ3v) is 2.89. The second-order valence-electron chi connectivity index (χ2n) is 4.15. The molecule has 1 atom stereocenters. The van der Waals surface area contributed by atoms with E-state index in [0.29, 0.717) is 17.3 Å². The minimum Gasteiger partial charge on any atom is -0.354 e. The monoisotopic (exact) mass is 209 g/mol. The van der Waals surface area contributed by atoms with Gasteiger partial charge in [-0.1, -0.05) is 6.92 Å². The number of halogens is 1. The molecule has 2 N–H and O–H groups in total. The number of pyridine rings is 1. The van der Waals surface area contributed by atoms with E-state index >= 15 is 0 Å². The summed E-state index contributed by atoms with van der Waals surface area (Å²) < 4.78 is 13.9. The smallest absolute Gasteiger partial charge is 0.170 e. The van der Waals surface area contributed by atoms with Gasteiger partial charge in [0.1, 0.15) is 0 Å². The van der Waals surface area contributed by atoms with Crippen molar-refractivity contribution in [2.75, 3.05) is 18.0 Å². The Kier molecular flexibility index (Phi) is 2.86. The summed E-state index contributed by atoms with van der Waals surface area (Å²) in [4.78, 5) is 6.10. The van der Waals surface area contributed by atoms with Gasteiger partial charge in [0.15, 0.2) is 11.6 Å². The molecule has 0 saturated carbocycles. The highest BCUT2D eigenvalue weighted by molar-refractivity contribution is 5.44. The number of aromatic nitrogens is 1. The zero-order valence-electron chi connectivity index (χ0n) is 8.91. The van der Waals surface area contributed by atoms with Crippen LogP contribution >= 0.6 is 0 Å². The first-order valence-corrected chi connectivity index (χ1v) is 5.30. The Morgan fingerprint density at radius 2 is 2.47 bits per heavy atom. The molecule has 1 aromatic rings. The van der Waals surface area contributed by atoms with Crippen molar-refractivity contribution in [1.82, 2.24) is 4.98 Å². The van der Waals surface area contributed by atoms with Crippen LogP contribution in [0.25, 0.3) is 0 Å². The minimum atomic E-state index is -0.255. The summed E-state index contributed by atoms with van der Waals surface area (Å²) in [5.74, 6) is 0.823. The zero-order chi connectivity index (χ0) is 10.8. The fourth-order valence-corrected chi connectivity index (χ4v) is 1.98. The van der Waals surface area contributed by atoms with Crippen LogP contribution in [0.3, 0.4) is 0 Å². The molecule has 0 spiro atoms. The molecular weight excluding hydrogens is 193 g/mol. The summed E-state index contributed by atoms with van der Waals surface area (Å²) >= 11 is 0. The number of hydrogen-bond acceptors (Lipinski definition) is 3. The third kappa shape index (κ3) is 1.95. The lowest BCUT2D eigenvalue weighted by Gasteiger charge is -2.18. The van der Waals surface area contributed by atoms with E-state index in [1.165, 1.54) is 0 Å². The van der Waals surface area contributed by atoms with E-state index in [1.807, 2.05) is 4.90 Å². The predicted molar refractivity (Wildman–Crippen MR) is 58.1 cm³/mol. The Morgan fingerprint density at radius 1 is 1.67 bits per heavy atom. The molecular formula is C11H16FN3. The van der Waals surface area contributed by atoms with Gasteiger partial charge in [0.2, 0.25) is 0 Å². The van der Waals surface area contributed by atoms with Crippen molar-refractivity contribution in [2.24, 2.45) is 11.7 Å². The van der Waals surface area contributed by atoms with Crippen LogP contribution in [-0.2, 0) is 6.54 Å². The molecule has 0 aromatic carbocycles. The molecule has 1 aliphatic heterocycles. The molecule has 1 fully saturated rings. The highest BCUT2D eigenvalue weighted by atomic mass is 19.1. The fourth-order valence-electron chi connectivity index (χ4n) is 1.98. The molecule has 2 rings (SSSR count). The van der Waals surface area contributed by atoms with Crippen molar-refractivity contribution in [2.45, 2.75) is 19.9 Å². The number of nitrogens with two attached hydrogens (primary N) is 1. The summed E-state index contributed by atoms with van der Waals surface area (Å²) in [6.07, 6.45) is 2.73. The van der Waals surface area contributed by atoms with Crippen molar-refractivity contribution < 1.29 is 4.39 Å². The van der Waals surface area contributed by atoms with Crippen LogP contribution in [0, 0.1) is 11.7 Å². The molecule has 0 amide bonds. The lowest BCUT2D eigenvalue weighted by molar-refractivity contribution is 0.596. The summed E-state index contributed by atoms with van der Waals surface area (Å²) in [5.41, 5.74) is 6.00. The third-order valence-electron chi connectivity index (χ3n) is 2.89. The lowest BCUT2D eigenvalue weighted by atomic mass is 10.2. The Balaban J connectivity index is 2.28. The minimum absolute atomic E-state index is 0.227. The van der Waals surface area contributed by atoms with Gasteiger partial charge in [0, 0.05) is 31.4 Å². The Labute approximate surface area is 89.1 Å². The highest BCUT2D eigenvalue weighted by Gasteiger charge is 2.23. The number of nitrogens with zero attached hydrogens (tertiary/aromatic N) is 2. The van der Waals surface area contributed by atoms with E-state index < -0.39 is 0 Å². The van der Waals surface area contributed by atoms with Crippen LogP contribution in [0.2, 0.25) is 0 Å². The van der Waals surface area contributed by atoms with Gasteiger partial charge in [-0.15, -0.1) is 0 Å². The van der Waals surface area contributed by atoms with Crippen LogP contribution in [0.5, 0.6) is 0 Å². The van der Waals surface area contributed by atoms with E-state index in [4.69, 9.17) is 5.73 Å². The SMILES string of the molecule is CC1CCN(c2nccc(CN)c2F)C1. The van der Waals surface area contributed by atoms with Gasteiger partial charge in [-0.05, 0) is 18.4 Å². The Bertz CT molecular complexity index is 354. The van der Waals surface area contributed by atoms with Gasteiger partial charge >= 0.3 is 0 Å². The van der Waals surface area contributed by atoms with Crippen LogP contribution in [0.15, 0.2) is 12.3 Å². The maximum Gasteiger partial charge on any atom is 0.170 e. The first kappa shape index (κ1) is 10.4. The van der Waals surface area contributed by atoms with E-state index in [0.717, 1.165) is 19.5 Å². The van der Waals surface area contributed by atoms with Crippen molar-refractivity contribution >= 4 is 5.82 Å². The molecule has 1 aromatic heterocycles. The molecule has 1 saturated heterocycles. The van der Waals surface area contributed by atoms with Crippen molar-refractivity contribution in [3.63, 3.8) is 0 Å². The molecule has 1 aliphatic rings. The van der Waals surface area contributed by atoms with Crippen LogP contribution < -0.4 is 10.6 Å². The van der Waals surface area contributed by atoms with Gasteiger partial charge in [-0.3, -0.25) is 0 Å². The molecule has 2 heterocycles. The maximum absolute atomic E-state index is 13.9. The standard InChI is InChI=1S/C11H16FN3/c1-8-3-5-15(7-8)11-10(12)9(6-13)2-4-14-11/h2,4,8H,3,5-7,13H2,1H3. The Morgan fingerprint density at radius 3 is 3.07 bits per heavy atom. The molecule has 1 unspecified atom stereocenters. The lowest BCUT2D eigenvalue weighted by Crippen LogP contribution is -2.22. The van der Waals surface area contributed by atoms with Gasteiger partial charge in [-0.25, -0.2) is 9.37 Å². The van der Waals surface area contributed by atoms with Crippen LogP contribution in [-0.4, -0.2) is 18.1 Å². The first-order chi connectivity index (χ1) is 7.22. The summed E-state index contributed by atoms with van der Waals surface area (Å²) in [6.45, 7) is 4.17. The van der Waals surface area contributed by atoms with E-state index in [-0.39, 0.29) is 12.4 Å². The molecule has 3 nitrogen and oxygen atoms in total. The van der Waals surface area contributed by atoms with Gasteiger partial charge in [-0.2, -0.15) is 0 Å². The Hall–Kier alpha value is -1.16. The average molecular weight is 209 g/mol.